The smallest absolute Gasteiger partial charge is 0.238 e. The molecule has 7 heteroatoms. The molecule has 0 saturated carbocycles. The second-order valence-corrected chi connectivity index (χ2v) is 21.9. The van der Waals surface area contributed by atoms with Crippen LogP contribution in [0.3, 0.4) is 0 Å². The molecule has 0 fully saturated rings. The first kappa shape index (κ1) is 45.7. The van der Waals surface area contributed by atoms with Gasteiger partial charge in [-0.2, -0.15) is 9.97 Å². The zero-order valence-electron chi connectivity index (χ0n) is 44.7. The van der Waals surface area contributed by atoms with Crippen LogP contribution in [0.15, 0.2) is 271 Å². The van der Waals surface area contributed by atoms with E-state index in [0.717, 1.165) is 106 Å². The van der Waals surface area contributed by atoms with Gasteiger partial charge in [0.25, 0.3) is 0 Å². The molecule has 1 aliphatic rings. The molecular formula is C76H46N6O. The first-order valence-electron chi connectivity index (χ1n) is 28.3. The van der Waals surface area contributed by atoms with Gasteiger partial charge in [-0.05, 0) is 136 Å². The van der Waals surface area contributed by atoms with Crippen molar-refractivity contribution in [1.82, 2.24) is 28.7 Å². The highest BCUT2D eigenvalue weighted by Crippen LogP contribution is 2.46. The van der Waals surface area contributed by atoms with Gasteiger partial charge < -0.3 is 13.6 Å². The summed E-state index contributed by atoms with van der Waals surface area (Å²) in [6.45, 7) is 0. The largest absolute Gasteiger partial charge is 0.456 e. The summed E-state index contributed by atoms with van der Waals surface area (Å²) in [4.78, 5) is 15.7. The highest BCUT2D eigenvalue weighted by atomic mass is 16.3. The summed E-state index contributed by atoms with van der Waals surface area (Å²) < 4.78 is 13.7. The third-order valence-corrected chi connectivity index (χ3v) is 17.3. The Morgan fingerprint density at radius 2 is 0.759 bits per heavy atom. The molecule has 17 aromatic rings. The van der Waals surface area contributed by atoms with Crippen molar-refractivity contribution >= 4 is 87.4 Å². The molecule has 83 heavy (non-hydrogen) atoms. The number of rotatable bonds is 7. The van der Waals surface area contributed by atoms with Crippen LogP contribution in [0.5, 0.6) is 0 Å². The van der Waals surface area contributed by atoms with Crippen molar-refractivity contribution in [1.29, 1.82) is 0 Å². The van der Waals surface area contributed by atoms with Crippen molar-refractivity contribution < 1.29 is 4.42 Å². The van der Waals surface area contributed by atoms with Gasteiger partial charge in [-0.3, -0.25) is 4.57 Å². The molecule has 0 aliphatic heterocycles. The Morgan fingerprint density at radius 3 is 1.40 bits per heavy atom. The van der Waals surface area contributed by atoms with E-state index in [0.29, 0.717) is 17.6 Å². The van der Waals surface area contributed by atoms with Gasteiger partial charge >= 0.3 is 0 Å². The number of nitrogens with zero attached hydrogens (tertiary/aromatic N) is 6. The van der Waals surface area contributed by atoms with Crippen molar-refractivity contribution in [3.05, 3.63) is 278 Å². The molecule has 0 spiro atoms. The highest BCUT2D eigenvalue weighted by Gasteiger charge is 2.26. The SMILES string of the molecule is c1ccc(-c2nc(-c3ccccc3)nc(-n3c4ccc(-c5ccc6oc7ccc(-c8ccc9c(c8)c8ccc%10c(c8n9-c8ccccc8)Cc8ccccc8-%10)cc7c6c5)cc4c4cc5c(cc43)c3ccccc3n5-c3ccccc3)n2)cc1. The summed E-state index contributed by atoms with van der Waals surface area (Å²) in [5, 5.41) is 9.15. The van der Waals surface area contributed by atoms with E-state index in [1.54, 1.807) is 0 Å². The summed E-state index contributed by atoms with van der Waals surface area (Å²) in [5.41, 5.74) is 22.5. The summed E-state index contributed by atoms with van der Waals surface area (Å²) >= 11 is 0. The number of aromatic nitrogens is 6. The molecule has 386 valence electrons. The van der Waals surface area contributed by atoms with Crippen LogP contribution in [0, 0.1) is 0 Å². The Hall–Kier alpha value is -11.2. The van der Waals surface area contributed by atoms with Crippen LogP contribution in [0.2, 0.25) is 0 Å². The van der Waals surface area contributed by atoms with Crippen LogP contribution in [0.1, 0.15) is 11.1 Å². The van der Waals surface area contributed by atoms with Crippen LogP contribution in [0.4, 0.5) is 0 Å². The zero-order chi connectivity index (χ0) is 54.3. The summed E-state index contributed by atoms with van der Waals surface area (Å²) in [6.07, 6.45) is 0.916. The fraction of sp³-hybridized carbons (Fsp3) is 0.0132. The van der Waals surface area contributed by atoms with Gasteiger partial charge in [0.2, 0.25) is 5.95 Å². The number of furan rings is 1. The van der Waals surface area contributed by atoms with Gasteiger partial charge in [-0.1, -0.05) is 176 Å². The first-order valence-corrected chi connectivity index (χ1v) is 28.3. The molecule has 0 bridgehead atoms. The fourth-order valence-corrected chi connectivity index (χ4v) is 13.5. The van der Waals surface area contributed by atoms with Crippen molar-refractivity contribution in [2.75, 3.05) is 0 Å². The molecule has 0 unspecified atom stereocenters. The Labute approximate surface area is 475 Å². The molecular weight excluding hydrogens is 1010 g/mol. The standard InChI is InChI=1S/C76H46N6O/c1-5-17-46(18-6-1)74-77-75(47-19-7-2-8-20-47)79-76(78-74)82-68-36-30-49(40-60(68)62-45-69-61(44-70(62)82)57-27-15-16-28-66(57)80(69)53-22-9-3-10-23-53)51-32-38-72-64(42-51)63-41-50(31-37-71(63)83-72)48-29-35-67-59(39-48)58-34-33-56-55-26-14-13-21-52(55)43-65(56)73(58)81(67)54-24-11-4-12-25-54/h1-42,44-45H,43H2. The molecule has 18 rings (SSSR count). The third-order valence-electron chi connectivity index (χ3n) is 17.3. The van der Waals surface area contributed by atoms with Crippen LogP contribution in [0.25, 0.3) is 161 Å². The van der Waals surface area contributed by atoms with Gasteiger partial charge in [0.05, 0.1) is 33.1 Å². The predicted octanol–water partition coefficient (Wildman–Crippen LogP) is 19.3. The van der Waals surface area contributed by atoms with E-state index in [2.05, 4.69) is 244 Å². The monoisotopic (exact) mass is 1060 g/mol. The Morgan fingerprint density at radius 1 is 0.289 bits per heavy atom. The number of hydrogen-bond donors (Lipinski definition) is 0. The fourth-order valence-electron chi connectivity index (χ4n) is 13.5. The topological polar surface area (TPSA) is 66.6 Å². The third kappa shape index (κ3) is 6.95. The van der Waals surface area contributed by atoms with E-state index >= 15 is 0 Å². The molecule has 5 aromatic heterocycles. The molecule has 0 N–H and O–H groups in total. The van der Waals surface area contributed by atoms with E-state index in [1.165, 1.54) is 55.1 Å². The summed E-state index contributed by atoms with van der Waals surface area (Å²) in [5.74, 6) is 1.77. The Balaban J connectivity index is 0.816. The predicted molar refractivity (Wildman–Crippen MR) is 340 cm³/mol. The van der Waals surface area contributed by atoms with E-state index in [4.69, 9.17) is 19.4 Å². The maximum absolute atomic E-state index is 6.63. The maximum Gasteiger partial charge on any atom is 0.238 e. The summed E-state index contributed by atoms with van der Waals surface area (Å²) in [7, 11) is 0. The van der Waals surface area contributed by atoms with E-state index in [-0.39, 0.29) is 0 Å². The van der Waals surface area contributed by atoms with Gasteiger partial charge in [0.15, 0.2) is 11.6 Å². The van der Waals surface area contributed by atoms with Gasteiger partial charge in [-0.25, -0.2) is 4.98 Å². The van der Waals surface area contributed by atoms with Crippen LogP contribution >= 0.6 is 0 Å². The Bertz CT molecular complexity index is 5460. The van der Waals surface area contributed by atoms with E-state index in [9.17, 15) is 0 Å². The first-order chi connectivity index (χ1) is 41.1. The average molecular weight is 1060 g/mol. The molecule has 12 aromatic carbocycles. The highest BCUT2D eigenvalue weighted by molar-refractivity contribution is 6.20. The molecule has 5 heterocycles. The molecule has 0 radical (unpaired) electrons. The Kier molecular flexibility index (Phi) is 9.73. The lowest BCUT2D eigenvalue weighted by molar-refractivity contribution is 0.669. The normalized spacial score (nSPS) is 12.3. The molecule has 0 amide bonds. The quantitative estimate of drug-likeness (QED) is 0.160. The molecule has 0 saturated heterocycles. The lowest BCUT2D eigenvalue weighted by Crippen LogP contribution is -2.06. The number of para-hydroxylation sites is 3. The van der Waals surface area contributed by atoms with Crippen molar-refractivity contribution in [3.8, 4) is 73.5 Å². The number of hydrogen-bond acceptors (Lipinski definition) is 4. The van der Waals surface area contributed by atoms with Crippen molar-refractivity contribution in [2.24, 2.45) is 0 Å². The maximum atomic E-state index is 6.63. The summed E-state index contributed by atoms with van der Waals surface area (Å²) in [6, 6.07) is 95.9. The van der Waals surface area contributed by atoms with Gasteiger partial charge in [0, 0.05) is 72.0 Å². The second kappa shape index (κ2) is 17.7. The van der Waals surface area contributed by atoms with E-state index in [1.807, 2.05) is 36.4 Å². The molecule has 0 atom stereocenters. The second-order valence-electron chi connectivity index (χ2n) is 21.9. The minimum atomic E-state index is 0.550. The minimum Gasteiger partial charge on any atom is -0.456 e. The lowest BCUT2D eigenvalue weighted by Gasteiger charge is -2.11. The van der Waals surface area contributed by atoms with Crippen LogP contribution < -0.4 is 0 Å². The zero-order valence-corrected chi connectivity index (χ0v) is 44.7. The van der Waals surface area contributed by atoms with Crippen LogP contribution in [-0.4, -0.2) is 28.7 Å². The van der Waals surface area contributed by atoms with Gasteiger partial charge in [0.1, 0.15) is 11.2 Å². The average Bonchev–Trinajstić information content (AvgIpc) is 3.11. The van der Waals surface area contributed by atoms with Crippen molar-refractivity contribution in [2.45, 2.75) is 6.42 Å². The molecule has 1 aliphatic carbocycles. The van der Waals surface area contributed by atoms with Crippen LogP contribution in [-0.2, 0) is 6.42 Å². The van der Waals surface area contributed by atoms with E-state index < -0.39 is 0 Å². The molecule has 7 nitrogen and oxygen atoms in total. The lowest BCUT2D eigenvalue weighted by atomic mass is 9.98. The minimum absolute atomic E-state index is 0.550. The number of fused-ring (bicyclic) bond motifs is 16. The van der Waals surface area contributed by atoms with Gasteiger partial charge in [-0.15, -0.1) is 0 Å². The number of benzene rings is 12. The van der Waals surface area contributed by atoms with Crippen molar-refractivity contribution in [3.63, 3.8) is 0 Å².